The van der Waals surface area contributed by atoms with E-state index in [9.17, 15) is 14.4 Å². The minimum Gasteiger partial charge on any atom is -0.481 e. The molecule has 1 amide bonds. The fraction of sp³-hybridized carbons (Fsp3) is 0.333. The van der Waals surface area contributed by atoms with E-state index in [1.165, 1.54) is 6.20 Å². The summed E-state index contributed by atoms with van der Waals surface area (Å²) in [5.41, 5.74) is 1.01. The number of rotatable bonds is 6. The molecule has 1 aromatic heterocycles. The highest BCUT2D eigenvalue weighted by Gasteiger charge is 2.21. The van der Waals surface area contributed by atoms with Crippen LogP contribution in [0.2, 0.25) is 0 Å². The van der Waals surface area contributed by atoms with Crippen molar-refractivity contribution in [3.63, 3.8) is 0 Å². The number of aliphatic carboxylic acids is 2. The molecule has 0 aromatic carbocycles. The van der Waals surface area contributed by atoms with E-state index in [1.807, 2.05) is 0 Å². The smallest absolute Gasteiger partial charge is 0.326 e. The van der Waals surface area contributed by atoms with Crippen LogP contribution in [0.1, 0.15) is 28.8 Å². The molecule has 1 atom stereocenters. The van der Waals surface area contributed by atoms with Crippen molar-refractivity contribution < 1.29 is 24.6 Å². The number of hydrogen-bond donors (Lipinski definition) is 3. The molecular formula is C12H14N2O5. The van der Waals surface area contributed by atoms with Crippen molar-refractivity contribution in [3.8, 4) is 0 Å². The number of pyridine rings is 1. The standard InChI is InChI=1S/C12H14N2O5/c1-7-4-8(6-13-5-7)11(17)14-9(12(18)19)2-3-10(15)16/h4-6,9H,2-3H2,1H3,(H,14,17)(H,15,16)(H,18,19). The summed E-state index contributed by atoms with van der Waals surface area (Å²) >= 11 is 0. The van der Waals surface area contributed by atoms with Crippen LogP contribution in [-0.2, 0) is 9.59 Å². The monoisotopic (exact) mass is 266 g/mol. The number of carboxylic acid groups (broad SMARTS) is 2. The van der Waals surface area contributed by atoms with Gasteiger partial charge < -0.3 is 15.5 Å². The molecule has 0 bridgehead atoms. The van der Waals surface area contributed by atoms with Gasteiger partial charge in [0.2, 0.25) is 0 Å². The molecule has 1 aromatic rings. The fourth-order valence-electron chi connectivity index (χ4n) is 1.45. The maximum absolute atomic E-state index is 11.8. The van der Waals surface area contributed by atoms with Crippen LogP contribution in [-0.4, -0.2) is 39.1 Å². The van der Waals surface area contributed by atoms with Crippen LogP contribution in [0.25, 0.3) is 0 Å². The summed E-state index contributed by atoms with van der Waals surface area (Å²) in [6, 6.07) is 0.336. The molecule has 1 unspecified atom stereocenters. The van der Waals surface area contributed by atoms with Gasteiger partial charge in [-0.05, 0) is 25.0 Å². The number of carbonyl (C=O) groups is 3. The minimum absolute atomic E-state index is 0.171. The molecule has 0 saturated carbocycles. The number of aromatic nitrogens is 1. The summed E-state index contributed by atoms with van der Waals surface area (Å²) in [4.78, 5) is 37.0. The summed E-state index contributed by atoms with van der Waals surface area (Å²) in [7, 11) is 0. The van der Waals surface area contributed by atoms with E-state index >= 15 is 0 Å². The first-order valence-corrected chi connectivity index (χ1v) is 5.57. The van der Waals surface area contributed by atoms with Gasteiger partial charge >= 0.3 is 11.9 Å². The van der Waals surface area contributed by atoms with Crippen molar-refractivity contribution >= 4 is 17.8 Å². The van der Waals surface area contributed by atoms with Crippen LogP contribution < -0.4 is 5.32 Å². The molecule has 0 aliphatic heterocycles. The Balaban J connectivity index is 2.71. The van der Waals surface area contributed by atoms with Gasteiger partial charge in [0.1, 0.15) is 6.04 Å². The first-order chi connectivity index (χ1) is 8.90. The summed E-state index contributed by atoms with van der Waals surface area (Å²) in [6.07, 6.45) is 2.38. The van der Waals surface area contributed by atoms with Crippen molar-refractivity contribution in [1.82, 2.24) is 10.3 Å². The van der Waals surface area contributed by atoms with Gasteiger partial charge in [0.25, 0.3) is 5.91 Å². The summed E-state index contributed by atoms with van der Waals surface area (Å²) < 4.78 is 0. The highest BCUT2D eigenvalue weighted by atomic mass is 16.4. The average molecular weight is 266 g/mol. The molecule has 1 rings (SSSR count). The summed E-state index contributed by atoms with van der Waals surface area (Å²) in [5.74, 6) is -2.97. The van der Waals surface area contributed by atoms with Gasteiger partial charge in [-0.2, -0.15) is 0 Å². The third kappa shape index (κ3) is 4.74. The van der Waals surface area contributed by atoms with Gasteiger partial charge in [0.15, 0.2) is 0 Å². The molecule has 102 valence electrons. The number of hydrogen-bond acceptors (Lipinski definition) is 4. The molecular weight excluding hydrogens is 252 g/mol. The highest BCUT2D eigenvalue weighted by molar-refractivity contribution is 5.96. The summed E-state index contributed by atoms with van der Waals surface area (Å²) in [6.45, 7) is 1.75. The molecule has 0 aliphatic carbocycles. The molecule has 3 N–H and O–H groups in total. The lowest BCUT2D eigenvalue weighted by Crippen LogP contribution is -2.41. The Hall–Kier alpha value is -2.44. The second kappa shape index (κ2) is 6.48. The van der Waals surface area contributed by atoms with Crippen molar-refractivity contribution in [2.24, 2.45) is 0 Å². The van der Waals surface area contributed by atoms with E-state index in [4.69, 9.17) is 10.2 Å². The number of aryl methyl sites for hydroxylation is 1. The fourth-order valence-corrected chi connectivity index (χ4v) is 1.45. The average Bonchev–Trinajstić information content (AvgIpc) is 2.33. The van der Waals surface area contributed by atoms with Gasteiger partial charge in [-0.15, -0.1) is 0 Å². The van der Waals surface area contributed by atoms with Crippen molar-refractivity contribution in [3.05, 3.63) is 29.6 Å². The second-order valence-electron chi connectivity index (χ2n) is 4.05. The van der Waals surface area contributed by atoms with Gasteiger partial charge in [-0.3, -0.25) is 14.6 Å². The maximum atomic E-state index is 11.8. The largest absolute Gasteiger partial charge is 0.481 e. The zero-order valence-corrected chi connectivity index (χ0v) is 10.3. The lowest BCUT2D eigenvalue weighted by atomic mass is 10.1. The topological polar surface area (TPSA) is 117 Å². The first kappa shape index (κ1) is 14.6. The van der Waals surface area contributed by atoms with Crippen LogP contribution in [0.4, 0.5) is 0 Å². The Labute approximate surface area is 109 Å². The second-order valence-corrected chi connectivity index (χ2v) is 4.05. The number of carbonyl (C=O) groups excluding carboxylic acids is 1. The normalized spacial score (nSPS) is 11.6. The number of amides is 1. The Morgan fingerprint density at radius 1 is 1.32 bits per heavy atom. The van der Waals surface area contributed by atoms with E-state index in [0.29, 0.717) is 0 Å². The number of nitrogens with zero attached hydrogens (tertiary/aromatic N) is 1. The Bertz CT molecular complexity index is 501. The third-order valence-electron chi connectivity index (χ3n) is 2.39. The third-order valence-corrected chi connectivity index (χ3v) is 2.39. The maximum Gasteiger partial charge on any atom is 0.326 e. The van der Waals surface area contributed by atoms with E-state index in [1.54, 1.807) is 19.2 Å². The highest BCUT2D eigenvalue weighted by Crippen LogP contribution is 2.04. The molecule has 0 fully saturated rings. The number of nitrogens with one attached hydrogen (secondary N) is 1. The molecule has 7 heteroatoms. The van der Waals surface area contributed by atoms with Crippen molar-refractivity contribution in [2.75, 3.05) is 0 Å². The SMILES string of the molecule is Cc1cncc(C(=O)NC(CCC(=O)O)C(=O)O)c1. The molecule has 19 heavy (non-hydrogen) atoms. The van der Waals surface area contributed by atoms with Crippen LogP contribution in [0.3, 0.4) is 0 Å². The van der Waals surface area contributed by atoms with Crippen molar-refractivity contribution in [1.29, 1.82) is 0 Å². The van der Waals surface area contributed by atoms with Gasteiger partial charge in [0, 0.05) is 18.8 Å². The van der Waals surface area contributed by atoms with E-state index in [0.717, 1.165) is 5.56 Å². The quantitative estimate of drug-likeness (QED) is 0.687. The van der Waals surface area contributed by atoms with E-state index in [-0.39, 0.29) is 18.4 Å². The van der Waals surface area contributed by atoms with Gasteiger partial charge in [0.05, 0.1) is 5.56 Å². The summed E-state index contributed by atoms with van der Waals surface area (Å²) in [5, 5.41) is 19.7. The van der Waals surface area contributed by atoms with Crippen molar-refractivity contribution in [2.45, 2.75) is 25.8 Å². The van der Waals surface area contributed by atoms with Gasteiger partial charge in [-0.1, -0.05) is 0 Å². The Morgan fingerprint density at radius 3 is 2.53 bits per heavy atom. The molecule has 0 spiro atoms. The molecule has 0 saturated heterocycles. The van der Waals surface area contributed by atoms with E-state index < -0.39 is 23.9 Å². The zero-order valence-electron chi connectivity index (χ0n) is 10.3. The molecule has 0 aliphatic rings. The molecule has 0 radical (unpaired) electrons. The predicted octanol–water partition coefficient (Wildman–Crippen LogP) is 0.438. The minimum atomic E-state index is -1.27. The molecule has 1 heterocycles. The lowest BCUT2D eigenvalue weighted by Gasteiger charge is -2.13. The zero-order chi connectivity index (χ0) is 14.4. The van der Waals surface area contributed by atoms with Crippen LogP contribution >= 0.6 is 0 Å². The van der Waals surface area contributed by atoms with Gasteiger partial charge in [-0.25, -0.2) is 4.79 Å². The van der Waals surface area contributed by atoms with Crippen LogP contribution in [0, 0.1) is 6.92 Å². The predicted molar refractivity (Wildman–Crippen MR) is 64.7 cm³/mol. The Kier molecular flexibility index (Phi) is 4.99. The van der Waals surface area contributed by atoms with Crippen LogP contribution in [0.15, 0.2) is 18.5 Å². The first-order valence-electron chi connectivity index (χ1n) is 5.57. The molecule has 7 nitrogen and oxygen atoms in total. The lowest BCUT2D eigenvalue weighted by molar-refractivity contribution is -0.140. The van der Waals surface area contributed by atoms with Crippen LogP contribution in [0.5, 0.6) is 0 Å². The number of carboxylic acids is 2. The van der Waals surface area contributed by atoms with E-state index in [2.05, 4.69) is 10.3 Å². The Morgan fingerprint density at radius 2 is 2.00 bits per heavy atom.